The largest absolute Gasteiger partial charge is 0.342 e. The molecule has 3 nitrogen and oxygen atoms in total. The average molecular weight is 249 g/mol. The number of halogens is 1. The standard InChI is InChI=1S/C9H17BrN2O/c1-9(13)12-5-2-4-11(6-3-10)7-8-12/h2-8H2,1H3. The van der Waals surface area contributed by atoms with Crippen LogP contribution in [0.4, 0.5) is 0 Å². The van der Waals surface area contributed by atoms with Crippen molar-refractivity contribution >= 4 is 21.8 Å². The predicted octanol–water partition coefficient (Wildman–Crippen LogP) is 0.935. The summed E-state index contributed by atoms with van der Waals surface area (Å²) in [6, 6.07) is 0. The minimum Gasteiger partial charge on any atom is -0.342 e. The minimum absolute atomic E-state index is 0.209. The molecule has 0 aromatic heterocycles. The molecule has 0 aromatic carbocycles. The summed E-state index contributed by atoms with van der Waals surface area (Å²) in [5.74, 6) is 0.209. The number of carbonyl (C=O) groups is 1. The quantitative estimate of drug-likeness (QED) is 0.680. The molecule has 1 rings (SSSR count). The summed E-state index contributed by atoms with van der Waals surface area (Å²) in [6.07, 6.45) is 1.10. The fraction of sp³-hybridized carbons (Fsp3) is 0.889. The molecule has 1 heterocycles. The molecule has 0 saturated carbocycles. The normalized spacial score (nSPS) is 20.0. The van der Waals surface area contributed by atoms with Crippen LogP contribution in [0.25, 0.3) is 0 Å². The SMILES string of the molecule is CC(=O)N1CCCN(CCBr)CC1. The molecule has 13 heavy (non-hydrogen) atoms. The van der Waals surface area contributed by atoms with E-state index in [4.69, 9.17) is 0 Å². The summed E-state index contributed by atoms with van der Waals surface area (Å²) in [5, 5.41) is 1.02. The van der Waals surface area contributed by atoms with E-state index in [9.17, 15) is 4.79 Å². The Bertz CT molecular complexity index is 175. The summed E-state index contributed by atoms with van der Waals surface area (Å²) in [6.45, 7) is 6.70. The minimum atomic E-state index is 0.209. The Labute approximate surface area is 88.2 Å². The van der Waals surface area contributed by atoms with Gasteiger partial charge in [0.15, 0.2) is 0 Å². The highest BCUT2D eigenvalue weighted by atomic mass is 79.9. The fourth-order valence-electron chi connectivity index (χ4n) is 1.63. The Morgan fingerprint density at radius 1 is 1.31 bits per heavy atom. The molecule has 4 heteroatoms. The number of hydrogen-bond donors (Lipinski definition) is 0. The van der Waals surface area contributed by atoms with Crippen molar-refractivity contribution in [1.29, 1.82) is 0 Å². The molecule has 1 amide bonds. The lowest BCUT2D eigenvalue weighted by Crippen LogP contribution is -2.34. The van der Waals surface area contributed by atoms with E-state index in [0.717, 1.165) is 44.5 Å². The molecule has 0 N–H and O–H groups in total. The van der Waals surface area contributed by atoms with Gasteiger partial charge in [-0.25, -0.2) is 0 Å². The zero-order valence-corrected chi connectivity index (χ0v) is 9.72. The van der Waals surface area contributed by atoms with Gasteiger partial charge in [-0.15, -0.1) is 0 Å². The molecular formula is C9H17BrN2O. The first-order chi connectivity index (χ1) is 6.24. The first-order valence-corrected chi connectivity index (χ1v) is 5.90. The molecule has 0 bridgehead atoms. The van der Waals surface area contributed by atoms with Crippen molar-refractivity contribution in [2.45, 2.75) is 13.3 Å². The number of alkyl halides is 1. The first-order valence-electron chi connectivity index (χ1n) is 4.78. The topological polar surface area (TPSA) is 23.6 Å². The maximum atomic E-state index is 11.1. The van der Waals surface area contributed by atoms with Crippen LogP contribution in [0.5, 0.6) is 0 Å². The molecule has 0 radical (unpaired) electrons. The Morgan fingerprint density at radius 3 is 2.69 bits per heavy atom. The van der Waals surface area contributed by atoms with Gasteiger partial charge in [-0.05, 0) is 13.0 Å². The third-order valence-electron chi connectivity index (χ3n) is 2.43. The van der Waals surface area contributed by atoms with Crippen molar-refractivity contribution in [3.05, 3.63) is 0 Å². The van der Waals surface area contributed by atoms with Gasteiger partial charge >= 0.3 is 0 Å². The summed E-state index contributed by atoms with van der Waals surface area (Å²) >= 11 is 3.43. The second kappa shape index (κ2) is 5.60. The van der Waals surface area contributed by atoms with E-state index in [1.54, 1.807) is 6.92 Å². The van der Waals surface area contributed by atoms with Gasteiger partial charge in [-0.1, -0.05) is 15.9 Å². The van der Waals surface area contributed by atoms with Crippen LogP contribution in [0.1, 0.15) is 13.3 Å². The molecule has 76 valence electrons. The Balaban J connectivity index is 2.35. The van der Waals surface area contributed by atoms with Gasteiger partial charge < -0.3 is 9.80 Å². The lowest BCUT2D eigenvalue weighted by atomic mass is 10.4. The van der Waals surface area contributed by atoms with Crippen molar-refractivity contribution < 1.29 is 4.79 Å². The third kappa shape index (κ3) is 3.65. The Kier molecular flexibility index (Phi) is 4.73. The van der Waals surface area contributed by atoms with Gasteiger partial charge in [0, 0.05) is 38.4 Å². The zero-order valence-electron chi connectivity index (χ0n) is 8.13. The lowest BCUT2D eigenvalue weighted by molar-refractivity contribution is -0.128. The van der Waals surface area contributed by atoms with Crippen LogP contribution in [0, 0.1) is 0 Å². The average Bonchev–Trinajstić information content (AvgIpc) is 2.30. The van der Waals surface area contributed by atoms with Gasteiger partial charge in [0.1, 0.15) is 0 Å². The highest BCUT2D eigenvalue weighted by Crippen LogP contribution is 2.03. The Morgan fingerprint density at radius 2 is 2.08 bits per heavy atom. The molecule has 0 unspecified atom stereocenters. The first kappa shape index (κ1) is 11.0. The summed E-state index contributed by atoms with van der Waals surface area (Å²) in [4.78, 5) is 15.5. The van der Waals surface area contributed by atoms with Crippen molar-refractivity contribution in [2.24, 2.45) is 0 Å². The van der Waals surface area contributed by atoms with Crippen LogP contribution in [0.15, 0.2) is 0 Å². The van der Waals surface area contributed by atoms with E-state index in [1.807, 2.05) is 4.90 Å². The van der Waals surface area contributed by atoms with Crippen LogP contribution in [-0.4, -0.2) is 53.8 Å². The number of nitrogens with zero attached hydrogens (tertiary/aromatic N) is 2. The third-order valence-corrected chi connectivity index (χ3v) is 2.79. The van der Waals surface area contributed by atoms with E-state index >= 15 is 0 Å². The molecule has 0 atom stereocenters. The van der Waals surface area contributed by atoms with Crippen molar-refractivity contribution in [1.82, 2.24) is 9.80 Å². The molecular weight excluding hydrogens is 232 g/mol. The summed E-state index contributed by atoms with van der Waals surface area (Å²) in [7, 11) is 0. The number of amides is 1. The monoisotopic (exact) mass is 248 g/mol. The van der Waals surface area contributed by atoms with Gasteiger partial charge in [0.2, 0.25) is 5.91 Å². The van der Waals surface area contributed by atoms with Crippen LogP contribution in [-0.2, 0) is 4.79 Å². The molecule has 1 aliphatic heterocycles. The second-order valence-electron chi connectivity index (χ2n) is 3.39. The maximum absolute atomic E-state index is 11.1. The molecule has 1 aliphatic rings. The number of rotatable bonds is 2. The van der Waals surface area contributed by atoms with E-state index in [1.165, 1.54) is 0 Å². The van der Waals surface area contributed by atoms with E-state index in [-0.39, 0.29) is 5.91 Å². The van der Waals surface area contributed by atoms with Gasteiger partial charge in [0.05, 0.1) is 0 Å². The maximum Gasteiger partial charge on any atom is 0.219 e. The number of carbonyl (C=O) groups excluding carboxylic acids is 1. The van der Waals surface area contributed by atoms with Crippen LogP contribution < -0.4 is 0 Å². The summed E-state index contributed by atoms with van der Waals surface area (Å²) in [5.41, 5.74) is 0. The molecule has 0 aliphatic carbocycles. The van der Waals surface area contributed by atoms with Crippen molar-refractivity contribution in [2.75, 3.05) is 38.1 Å². The highest BCUT2D eigenvalue weighted by Gasteiger charge is 2.15. The van der Waals surface area contributed by atoms with E-state index < -0.39 is 0 Å². The zero-order chi connectivity index (χ0) is 9.68. The molecule has 0 spiro atoms. The van der Waals surface area contributed by atoms with Crippen LogP contribution in [0.2, 0.25) is 0 Å². The van der Waals surface area contributed by atoms with Crippen LogP contribution >= 0.6 is 15.9 Å². The van der Waals surface area contributed by atoms with Crippen molar-refractivity contribution in [3.8, 4) is 0 Å². The smallest absolute Gasteiger partial charge is 0.219 e. The van der Waals surface area contributed by atoms with Gasteiger partial charge in [0.25, 0.3) is 0 Å². The molecule has 0 aromatic rings. The Hall–Kier alpha value is -0.0900. The number of hydrogen-bond acceptors (Lipinski definition) is 2. The fourth-order valence-corrected chi connectivity index (χ4v) is 2.13. The molecule has 1 saturated heterocycles. The van der Waals surface area contributed by atoms with E-state index in [2.05, 4.69) is 20.8 Å². The highest BCUT2D eigenvalue weighted by molar-refractivity contribution is 9.09. The van der Waals surface area contributed by atoms with Gasteiger partial charge in [-0.2, -0.15) is 0 Å². The van der Waals surface area contributed by atoms with Crippen LogP contribution in [0.3, 0.4) is 0 Å². The summed E-state index contributed by atoms with van der Waals surface area (Å²) < 4.78 is 0. The van der Waals surface area contributed by atoms with Crippen molar-refractivity contribution in [3.63, 3.8) is 0 Å². The van der Waals surface area contributed by atoms with Gasteiger partial charge in [-0.3, -0.25) is 4.79 Å². The molecule has 1 fully saturated rings. The predicted molar refractivity (Wildman–Crippen MR) is 57.1 cm³/mol. The second-order valence-corrected chi connectivity index (χ2v) is 4.18. The van der Waals surface area contributed by atoms with E-state index in [0.29, 0.717) is 0 Å². The lowest BCUT2D eigenvalue weighted by Gasteiger charge is -2.19.